The molecule has 0 atom stereocenters. The Labute approximate surface area is 155 Å². The molecule has 3 heterocycles. The minimum absolute atomic E-state index is 0.00693. The van der Waals surface area contributed by atoms with E-state index in [-0.39, 0.29) is 5.91 Å². The average Bonchev–Trinajstić information content (AvgIpc) is 3.19. The highest BCUT2D eigenvalue weighted by molar-refractivity contribution is 7.16. The minimum atomic E-state index is -0.00693. The van der Waals surface area contributed by atoms with Crippen LogP contribution in [0.1, 0.15) is 21.0 Å². The topological polar surface area (TPSA) is 36.7 Å². The molecule has 0 radical (unpaired) electrons. The number of nitrogens with zero attached hydrogens (tertiary/aromatic N) is 2. The first kappa shape index (κ1) is 16.6. The quantitative estimate of drug-likeness (QED) is 0.681. The minimum Gasteiger partial charge on any atom is -0.451 e. The van der Waals surface area contributed by atoms with Gasteiger partial charge in [0.2, 0.25) is 0 Å². The summed E-state index contributed by atoms with van der Waals surface area (Å²) in [6.07, 6.45) is 0. The van der Waals surface area contributed by atoms with Crippen LogP contribution in [0.4, 0.5) is 0 Å². The molecule has 1 saturated heterocycles. The van der Waals surface area contributed by atoms with Crippen LogP contribution in [-0.4, -0.2) is 41.9 Å². The van der Waals surface area contributed by atoms with Crippen molar-refractivity contribution in [3.63, 3.8) is 0 Å². The van der Waals surface area contributed by atoms with Crippen LogP contribution in [-0.2, 0) is 6.54 Å². The lowest BCUT2D eigenvalue weighted by Crippen LogP contribution is -2.48. The number of carbonyl (C=O) groups is 1. The largest absolute Gasteiger partial charge is 0.451 e. The van der Waals surface area contributed by atoms with Gasteiger partial charge in [-0.2, -0.15) is 0 Å². The summed E-state index contributed by atoms with van der Waals surface area (Å²) >= 11 is 7.61. The number of furan rings is 1. The number of carbonyl (C=O) groups excluding carboxylic acids is 1. The van der Waals surface area contributed by atoms with Gasteiger partial charge in [-0.25, -0.2) is 0 Å². The molecule has 1 aliphatic heterocycles. The zero-order valence-electron chi connectivity index (χ0n) is 14.0. The van der Waals surface area contributed by atoms with E-state index in [4.69, 9.17) is 16.0 Å². The Morgan fingerprint density at radius 3 is 2.60 bits per heavy atom. The second kappa shape index (κ2) is 6.83. The molecule has 0 bridgehead atoms. The molecule has 3 aromatic rings. The highest BCUT2D eigenvalue weighted by Crippen LogP contribution is 2.27. The second-order valence-electron chi connectivity index (χ2n) is 6.33. The van der Waals surface area contributed by atoms with E-state index < -0.39 is 0 Å². The molecular weight excluding hydrogens is 356 g/mol. The fourth-order valence-electron chi connectivity index (χ4n) is 3.29. The van der Waals surface area contributed by atoms with Crippen molar-refractivity contribution in [3.8, 4) is 0 Å². The number of halogens is 1. The number of fused-ring (bicyclic) bond motifs is 1. The van der Waals surface area contributed by atoms with E-state index in [1.165, 1.54) is 4.88 Å². The number of benzene rings is 1. The molecule has 0 saturated carbocycles. The fourth-order valence-corrected chi connectivity index (χ4v) is 4.42. The number of rotatable bonds is 3. The van der Waals surface area contributed by atoms with Crippen LogP contribution in [0.2, 0.25) is 4.34 Å². The van der Waals surface area contributed by atoms with Gasteiger partial charge in [0.1, 0.15) is 5.58 Å². The lowest BCUT2D eigenvalue weighted by atomic mass is 10.1. The molecule has 1 amide bonds. The zero-order chi connectivity index (χ0) is 17.4. The van der Waals surface area contributed by atoms with Crippen molar-refractivity contribution in [2.75, 3.05) is 26.2 Å². The van der Waals surface area contributed by atoms with Crippen LogP contribution in [0, 0.1) is 6.92 Å². The van der Waals surface area contributed by atoms with Gasteiger partial charge in [0, 0.05) is 48.6 Å². The Morgan fingerprint density at radius 1 is 1.16 bits per heavy atom. The van der Waals surface area contributed by atoms with Gasteiger partial charge < -0.3 is 9.32 Å². The first-order chi connectivity index (χ1) is 12.1. The fraction of sp³-hybridized carbons (Fsp3) is 0.316. The van der Waals surface area contributed by atoms with Crippen LogP contribution in [0.5, 0.6) is 0 Å². The molecule has 1 fully saturated rings. The molecule has 0 spiro atoms. The molecule has 0 N–H and O–H groups in total. The van der Waals surface area contributed by atoms with Crippen molar-refractivity contribution in [2.45, 2.75) is 13.5 Å². The van der Waals surface area contributed by atoms with Crippen molar-refractivity contribution in [1.29, 1.82) is 0 Å². The molecule has 1 aromatic carbocycles. The summed E-state index contributed by atoms with van der Waals surface area (Å²) in [7, 11) is 0. The predicted molar refractivity (Wildman–Crippen MR) is 101 cm³/mol. The number of para-hydroxylation sites is 1. The molecule has 2 aromatic heterocycles. The van der Waals surface area contributed by atoms with E-state index in [1.807, 2.05) is 42.2 Å². The maximum Gasteiger partial charge on any atom is 0.289 e. The normalized spacial score (nSPS) is 15.8. The monoisotopic (exact) mass is 374 g/mol. The smallest absolute Gasteiger partial charge is 0.289 e. The Morgan fingerprint density at radius 2 is 1.92 bits per heavy atom. The molecule has 4 nitrogen and oxygen atoms in total. The number of hydrogen-bond donors (Lipinski definition) is 0. The van der Waals surface area contributed by atoms with Crippen LogP contribution < -0.4 is 0 Å². The Balaban J connectivity index is 1.43. The SMILES string of the molecule is Cc1c(C(=O)N2CCN(Cc3ccc(Cl)s3)CC2)oc2ccccc12. The van der Waals surface area contributed by atoms with Gasteiger partial charge in [0.25, 0.3) is 5.91 Å². The van der Waals surface area contributed by atoms with E-state index in [1.54, 1.807) is 11.3 Å². The number of aryl methyl sites for hydroxylation is 1. The summed E-state index contributed by atoms with van der Waals surface area (Å²) in [5.74, 6) is 0.465. The summed E-state index contributed by atoms with van der Waals surface area (Å²) in [4.78, 5) is 18.4. The van der Waals surface area contributed by atoms with Gasteiger partial charge in [0.15, 0.2) is 5.76 Å². The summed E-state index contributed by atoms with van der Waals surface area (Å²) in [6.45, 7) is 6.00. The lowest BCUT2D eigenvalue weighted by Gasteiger charge is -2.34. The molecule has 25 heavy (non-hydrogen) atoms. The highest BCUT2D eigenvalue weighted by Gasteiger charge is 2.26. The predicted octanol–water partition coefficient (Wildman–Crippen LogP) is 4.41. The first-order valence-corrected chi connectivity index (χ1v) is 9.55. The summed E-state index contributed by atoms with van der Waals surface area (Å²) in [6, 6.07) is 11.8. The molecule has 6 heteroatoms. The third-order valence-corrected chi connectivity index (χ3v) is 5.92. The third-order valence-electron chi connectivity index (χ3n) is 4.71. The molecule has 4 rings (SSSR count). The summed E-state index contributed by atoms with van der Waals surface area (Å²) in [5.41, 5.74) is 1.70. The molecule has 0 aliphatic carbocycles. The van der Waals surface area contributed by atoms with Gasteiger partial charge in [-0.05, 0) is 25.1 Å². The Hall–Kier alpha value is -1.82. The van der Waals surface area contributed by atoms with Crippen LogP contribution in [0.15, 0.2) is 40.8 Å². The summed E-state index contributed by atoms with van der Waals surface area (Å²) in [5, 5.41) is 1.01. The van der Waals surface area contributed by atoms with Crippen LogP contribution in [0.25, 0.3) is 11.0 Å². The van der Waals surface area contributed by atoms with Crippen molar-refractivity contribution >= 4 is 39.8 Å². The highest BCUT2D eigenvalue weighted by atomic mass is 35.5. The van der Waals surface area contributed by atoms with Crippen molar-refractivity contribution in [3.05, 3.63) is 56.9 Å². The van der Waals surface area contributed by atoms with Gasteiger partial charge >= 0.3 is 0 Å². The average molecular weight is 375 g/mol. The Kier molecular flexibility index (Phi) is 4.54. The molecule has 1 aliphatic rings. The standard InChI is InChI=1S/C19H19ClN2O2S/c1-13-15-4-2-3-5-16(15)24-18(13)19(23)22-10-8-21(9-11-22)12-14-6-7-17(20)25-14/h2-7H,8-12H2,1H3. The van der Waals surface area contributed by atoms with E-state index in [0.29, 0.717) is 18.8 Å². The van der Waals surface area contributed by atoms with E-state index in [9.17, 15) is 4.79 Å². The van der Waals surface area contributed by atoms with Crippen LogP contribution >= 0.6 is 22.9 Å². The number of thiophene rings is 1. The van der Waals surface area contributed by atoms with Crippen molar-refractivity contribution in [2.24, 2.45) is 0 Å². The van der Waals surface area contributed by atoms with Crippen molar-refractivity contribution < 1.29 is 9.21 Å². The van der Waals surface area contributed by atoms with E-state index in [2.05, 4.69) is 11.0 Å². The van der Waals surface area contributed by atoms with Gasteiger partial charge in [0.05, 0.1) is 4.34 Å². The van der Waals surface area contributed by atoms with E-state index >= 15 is 0 Å². The first-order valence-electron chi connectivity index (χ1n) is 8.36. The maximum atomic E-state index is 12.9. The lowest BCUT2D eigenvalue weighted by molar-refractivity contribution is 0.0600. The summed E-state index contributed by atoms with van der Waals surface area (Å²) < 4.78 is 6.64. The van der Waals surface area contributed by atoms with Gasteiger partial charge in [-0.15, -0.1) is 11.3 Å². The zero-order valence-corrected chi connectivity index (χ0v) is 15.6. The Bertz CT molecular complexity index is 909. The number of hydrogen-bond acceptors (Lipinski definition) is 4. The maximum absolute atomic E-state index is 12.9. The van der Waals surface area contributed by atoms with Gasteiger partial charge in [-0.3, -0.25) is 9.69 Å². The van der Waals surface area contributed by atoms with Gasteiger partial charge in [-0.1, -0.05) is 29.8 Å². The molecule has 0 unspecified atom stereocenters. The molecule has 130 valence electrons. The van der Waals surface area contributed by atoms with Crippen LogP contribution in [0.3, 0.4) is 0 Å². The third kappa shape index (κ3) is 3.32. The molecular formula is C19H19ClN2O2S. The number of amides is 1. The van der Waals surface area contributed by atoms with Crippen molar-refractivity contribution in [1.82, 2.24) is 9.80 Å². The number of piperazine rings is 1. The van der Waals surface area contributed by atoms with E-state index in [0.717, 1.165) is 40.5 Å². The second-order valence-corrected chi connectivity index (χ2v) is 8.13.